The summed E-state index contributed by atoms with van der Waals surface area (Å²) in [6.07, 6.45) is 14.0. The van der Waals surface area contributed by atoms with Crippen molar-refractivity contribution in [3.63, 3.8) is 0 Å². The molecule has 0 amide bonds. The van der Waals surface area contributed by atoms with E-state index in [4.69, 9.17) is 4.74 Å². The van der Waals surface area contributed by atoms with Gasteiger partial charge in [-0.25, -0.2) is 0 Å². The van der Waals surface area contributed by atoms with Gasteiger partial charge in [0.15, 0.2) is 5.78 Å². The van der Waals surface area contributed by atoms with Crippen molar-refractivity contribution in [2.24, 2.45) is 22.2 Å². The molecule has 4 heteroatoms. The number of Topliss-reactive ketones (excluding diaryl/α,β-unsaturated/α-hetero) is 1. The predicted octanol–water partition coefficient (Wildman–Crippen LogP) is 5.20. The summed E-state index contributed by atoms with van der Waals surface area (Å²) in [5, 5.41) is 0. The first kappa shape index (κ1) is 20.7. The Balaban J connectivity index is 1.65. The van der Waals surface area contributed by atoms with Crippen LogP contribution in [0.1, 0.15) is 72.1 Å². The average molecular weight is 421 g/mol. The third-order valence-electron chi connectivity index (χ3n) is 8.98. The minimum absolute atomic E-state index is 0.0134. The van der Waals surface area contributed by atoms with Crippen LogP contribution in [0.15, 0.2) is 46.6 Å². The summed E-state index contributed by atoms with van der Waals surface area (Å²) >= 11 is 0. The van der Waals surface area contributed by atoms with E-state index in [1.165, 1.54) is 5.57 Å². The Morgan fingerprint density at radius 1 is 1.19 bits per heavy atom. The number of ketones is 2. The van der Waals surface area contributed by atoms with Gasteiger partial charge in [0.05, 0.1) is 17.9 Å². The third kappa shape index (κ3) is 2.63. The van der Waals surface area contributed by atoms with Gasteiger partial charge in [0.2, 0.25) is 0 Å². The van der Waals surface area contributed by atoms with Gasteiger partial charge in [-0.1, -0.05) is 43.6 Å². The lowest BCUT2D eigenvalue weighted by Crippen LogP contribution is -2.46. The molecule has 0 aliphatic heterocycles. The van der Waals surface area contributed by atoms with E-state index in [2.05, 4.69) is 26.8 Å². The Kier molecular flexibility index (Phi) is 4.59. The van der Waals surface area contributed by atoms with E-state index in [1.807, 2.05) is 6.08 Å². The molecule has 1 unspecified atom stereocenters. The van der Waals surface area contributed by atoms with Crippen LogP contribution in [0, 0.1) is 22.2 Å². The van der Waals surface area contributed by atoms with Crippen molar-refractivity contribution in [1.82, 2.24) is 0 Å². The topological polar surface area (TPSA) is 60.4 Å². The van der Waals surface area contributed by atoms with Crippen molar-refractivity contribution in [3.05, 3.63) is 46.6 Å². The molecule has 0 aromatic heterocycles. The number of unbranched alkanes of at least 4 members (excludes halogenated alkanes) is 1. The normalized spacial score (nSPS) is 38.2. The number of fused-ring (bicyclic) bond motifs is 3. The molecular formula is C27H32O4. The van der Waals surface area contributed by atoms with Crippen molar-refractivity contribution < 1.29 is 19.1 Å². The van der Waals surface area contributed by atoms with Crippen LogP contribution in [0.4, 0.5) is 0 Å². The number of rotatable bonds is 4. The van der Waals surface area contributed by atoms with Gasteiger partial charge < -0.3 is 4.74 Å². The second-order valence-corrected chi connectivity index (χ2v) is 10.5. The summed E-state index contributed by atoms with van der Waals surface area (Å²) in [5.74, 6) is -0.294. The zero-order chi connectivity index (χ0) is 22.0. The molecule has 1 saturated carbocycles. The molecule has 0 aromatic carbocycles. The zero-order valence-electron chi connectivity index (χ0n) is 18.9. The fraction of sp³-hybridized carbons (Fsp3) is 0.593. The summed E-state index contributed by atoms with van der Waals surface area (Å²) in [6.45, 7) is 6.92. The first-order valence-electron chi connectivity index (χ1n) is 11.9. The highest BCUT2D eigenvalue weighted by molar-refractivity contribution is 6.02. The molecule has 0 radical (unpaired) electrons. The maximum Gasteiger partial charge on any atom is 0.313 e. The molecular weight excluding hydrogens is 388 g/mol. The van der Waals surface area contributed by atoms with Gasteiger partial charge in [-0.15, -0.1) is 0 Å². The minimum atomic E-state index is -0.445. The monoisotopic (exact) mass is 420 g/mol. The van der Waals surface area contributed by atoms with Gasteiger partial charge in [-0.3, -0.25) is 14.4 Å². The number of carbonyl (C=O) groups is 3. The Hall–Kier alpha value is -2.23. The molecule has 1 fully saturated rings. The van der Waals surface area contributed by atoms with Crippen LogP contribution in [-0.2, 0) is 19.1 Å². The van der Waals surface area contributed by atoms with E-state index in [9.17, 15) is 14.4 Å². The molecule has 0 heterocycles. The lowest BCUT2D eigenvalue weighted by molar-refractivity contribution is -0.147. The van der Waals surface area contributed by atoms with Gasteiger partial charge in [-0.05, 0) is 74.2 Å². The molecule has 0 bridgehead atoms. The first-order valence-corrected chi connectivity index (χ1v) is 11.9. The number of hydrogen-bond acceptors (Lipinski definition) is 4. The fourth-order valence-corrected chi connectivity index (χ4v) is 7.10. The number of ether oxygens (including phenoxy) is 1. The maximum atomic E-state index is 13.3. The largest absolute Gasteiger partial charge is 0.465 e. The predicted molar refractivity (Wildman–Crippen MR) is 118 cm³/mol. The average Bonchev–Trinajstić information content (AvgIpc) is 3.18. The number of carbonyl (C=O) groups excluding carboxylic acids is 3. The van der Waals surface area contributed by atoms with Crippen LogP contribution in [0.5, 0.6) is 0 Å². The SMILES string of the molecule is CCCCOC(=O)[C@@H]1CC2=CC(=O)C=CC2(C)C2=C1C1=CC[C@@]3(C)CCC(=O)[C@@]13CC2. The quantitative estimate of drug-likeness (QED) is 0.463. The Bertz CT molecular complexity index is 1010. The van der Waals surface area contributed by atoms with E-state index in [0.29, 0.717) is 25.2 Å². The zero-order valence-corrected chi connectivity index (χ0v) is 18.9. The van der Waals surface area contributed by atoms with E-state index >= 15 is 0 Å². The highest BCUT2D eigenvalue weighted by atomic mass is 16.5. The van der Waals surface area contributed by atoms with E-state index in [-0.39, 0.29) is 22.6 Å². The molecule has 5 rings (SSSR count). The molecule has 31 heavy (non-hydrogen) atoms. The summed E-state index contributed by atoms with van der Waals surface area (Å²) in [7, 11) is 0. The summed E-state index contributed by atoms with van der Waals surface area (Å²) in [4.78, 5) is 38.8. The van der Waals surface area contributed by atoms with Gasteiger partial charge in [0.25, 0.3) is 0 Å². The molecule has 5 aliphatic rings. The Labute approximate surface area is 184 Å². The molecule has 4 nitrogen and oxygen atoms in total. The van der Waals surface area contributed by atoms with E-state index < -0.39 is 11.3 Å². The number of hydrogen-bond donors (Lipinski definition) is 0. The molecule has 5 aliphatic carbocycles. The molecule has 0 aromatic rings. The molecule has 1 spiro atoms. The summed E-state index contributed by atoms with van der Waals surface area (Å²) < 4.78 is 5.70. The van der Waals surface area contributed by atoms with Crippen LogP contribution in [0.3, 0.4) is 0 Å². The van der Waals surface area contributed by atoms with Gasteiger partial charge in [-0.2, -0.15) is 0 Å². The van der Waals surface area contributed by atoms with E-state index in [0.717, 1.165) is 55.2 Å². The minimum Gasteiger partial charge on any atom is -0.465 e. The third-order valence-corrected chi connectivity index (χ3v) is 8.98. The lowest BCUT2D eigenvalue weighted by Gasteiger charge is -2.51. The summed E-state index contributed by atoms with van der Waals surface area (Å²) in [5.41, 5.74) is 3.56. The second-order valence-electron chi connectivity index (χ2n) is 10.5. The number of esters is 1. The molecule has 0 N–H and O–H groups in total. The van der Waals surface area contributed by atoms with E-state index in [1.54, 1.807) is 12.2 Å². The maximum absolute atomic E-state index is 13.3. The van der Waals surface area contributed by atoms with Gasteiger partial charge >= 0.3 is 5.97 Å². The Morgan fingerprint density at radius 3 is 2.77 bits per heavy atom. The van der Waals surface area contributed by atoms with Gasteiger partial charge in [0, 0.05) is 11.8 Å². The van der Waals surface area contributed by atoms with Crippen LogP contribution in [0.2, 0.25) is 0 Å². The van der Waals surface area contributed by atoms with Crippen molar-refractivity contribution >= 4 is 17.5 Å². The van der Waals surface area contributed by atoms with Crippen LogP contribution < -0.4 is 0 Å². The molecule has 0 saturated heterocycles. The highest BCUT2D eigenvalue weighted by Crippen LogP contribution is 2.70. The smallest absolute Gasteiger partial charge is 0.313 e. The van der Waals surface area contributed by atoms with Crippen LogP contribution in [-0.4, -0.2) is 24.1 Å². The Morgan fingerprint density at radius 2 is 2.00 bits per heavy atom. The van der Waals surface area contributed by atoms with Crippen molar-refractivity contribution in [2.45, 2.75) is 72.1 Å². The summed E-state index contributed by atoms with van der Waals surface area (Å²) in [6, 6.07) is 0. The number of allylic oxidation sites excluding steroid dienone is 7. The fourth-order valence-electron chi connectivity index (χ4n) is 7.10. The highest BCUT2D eigenvalue weighted by Gasteiger charge is 2.65. The standard InChI is InChI=1S/C27H32O4/c1-4-5-14-31-24(30)19-16-17-15-18(28)6-12-26(17,3)20-8-13-27-21(23(19)20)7-10-25(27,2)11-9-22(27)29/h6-7,12,15,19H,4-5,8-11,13-14,16H2,1-3H3/t19-,25+,26?,27-/m1/s1. The van der Waals surface area contributed by atoms with Gasteiger partial charge in [0.1, 0.15) is 5.78 Å². The molecule has 4 atom stereocenters. The van der Waals surface area contributed by atoms with Crippen molar-refractivity contribution in [1.29, 1.82) is 0 Å². The van der Waals surface area contributed by atoms with Crippen LogP contribution in [0.25, 0.3) is 0 Å². The second kappa shape index (κ2) is 6.88. The molecule has 164 valence electrons. The van der Waals surface area contributed by atoms with Crippen molar-refractivity contribution in [3.8, 4) is 0 Å². The van der Waals surface area contributed by atoms with Crippen molar-refractivity contribution in [2.75, 3.05) is 6.61 Å². The lowest BCUT2D eigenvalue weighted by atomic mass is 9.51. The first-order chi connectivity index (χ1) is 14.8. The van der Waals surface area contributed by atoms with Crippen LogP contribution >= 0.6 is 0 Å².